The zero-order valence-electron chi connectivity index (χ0n) is 11.0. The Balaban J connectivity index is 3.01. The van der Waals surface area contributed by atoms with Crippen molar-refractivity contribution in [3.63, 3.8) is 0 Å². The summed E-state index contributed by atoms with van der Waals surface area (Å²) in [6, 6.07) is 5.94. The van der Waals surface area contributed by atoms with Crippen LogP contribution in [0.25, 0.3) is 6.08 Å². The van der Waals surface area contributed by atoms with Gasteiger partial charge in [-0.05, 0) is 38.5 Å². The van der Waals surface area contributed by atoms with Crippen molar-refractivity contribution < 1.29 is 9.47 Å². The first-order valence-electron chi connectivity index (χ1n) is 5.83. The molecule has 1 aromatic rings. The van der Waals surface area contributed by atoms with E-state index in [1.165, 1.54) is 0 Å². The Morgan fingerprint density at radius 1 is 1.41 bits per heavy atom. The van der Waals surface area contributed by atoms with Crippen LogP contribution in [-0.2, 0) is 0 Å². The van der Waals surface area contributed by atoms with Crippen molar-refractivity contribution in [2.24, 2.45) is 5.73 Å². The van der Waals surface area contributed by atoms with E-state index in [1.807, 2.05) is 39.0 Å². The molecule has 3 heteroatoms. The summed E-state index contributed by atoms with van der Waals surface area (Å²) in [5.74, 6) is 1.52. The van der Waals surface area contributed by atoms with Crippen LogP contribution >= 0.6 is 0 Å². The number of benzene rings is 1. The lowest BCUT2D eigenvalue weighted by Crippen LogP contribution is -2.15. The molecule has 0 amide bonds. The topological polar surface area (TPSA) is 44.5 Å². The van der Waals surface area contributed by atoms with Crippen molar-refractivity contribution in [1.82, 2.24) is 0 Å². The Kier molecular flexibility index (Phi) is 5.04. The summed E-state index contributed by atoms with van der Waals surface area (Å²) in [5, 5.41) is 0. The molecule has 1 unspecified atom stereocenters. The van der Waals surface area contributed by atoms with E-state index in [0.717, 1.165) is 22.6 Å². The molecule has 0 bridgehead atoms. The first kappa shape index (κ1) is 13.6. The molecule has 0 fully saturated rings. The van der Waals surface area contributed by atoms with Gasteiger partial charge in [-0.1, -0.05) is 17.7 Å². The highest BCUT2D eigenvalue weighted by molar-refractivity contribution is 5.58. The lowest BCUT2D eigenvalue weighted by molar-refractivity contribution is 0.311. The number of nitrogens with two attached hydrogens (primary N) is 1. The van der Waals surface area contributed by atoms with Crippen molar-refractivity contribution in [2.45, 2.75) is 26.8 Å². The molecule has 0 radical (unpaired) electrons. The maximum absolute atomic E-state index is 5.81. The summed E-state index contributed by atoms with van der Waals surface area (Å²) in [6.07, 6.45) is 2.06. The summed E-state index contributed by atoms with van der Waals surface area (Å²) in [4.78, 5) is 0. The number of hydrogen-bond acceptors (Lipinski definition) is 3. The predicted octanol–water partition coefficient (Wildman–Crippen LogP) is 2.84. The van der Waals surface area contributed by atoms with Gasteiger partial charge in [0.1, 0.15) is 0 Å². The summed E-state index contributed by atoms with van der Waals surface area (Å²) < 4.78 is 10.8. The third-order valence-corrected chi connectivity index (χ3v) is 2.60. The lowest BCUT2D eigenvalue weighted by Gasteiger charge is -2.10. The molecule has 94 valence electrons. The number of ether oxygens (including phenoxy) is 2. The van der Waals surface area contributed by atoms with Gasteiger partial charge in [-0.2, -0.15) is 0 Å². The van der Waals surface area contributed by atoms with Crippen molar-refractivity contribution in [3.8, 4) is 11.5 Å². The van der Waals surface area contributed by atoms with Gasteiger partial charge in [0.25, 0.3) is 0 Å². The van der Waals surface area contributed by atoms with E-state index in [9.17, 15) is 0 Å². The normalized spacial score (nSPS) is 13.4. The Bertz CT molecular complexity index is 397. The molecule has 0 saturated carbocycles. The average Bonchev–Trinajstić information content (AvgIpc) is 2.31. The van der Waals surface area contributed by atoms with Crippen LogP contribution in [0.1, 0.15) is 26.3 Å². The van der Waals surface area contributed by atoms with Gasteiger partial charge in [-0.3, -0.25) is 0 Å². The number of hydrogen-bond donors (Lipinski definition) is 1. The van der Waals surface area contributed by atoms with Crippen molar-refractivity contribution in [3.05, 3.63) is 29.3 Å². The van der Waals surface area contributed by atoms with Gasteiger partial charge in [0, 0.05) is 6.04 Å². The summed E-state index contributed by atoms with van der Waals surface area (Å²) in [7, 11) is 1.64. The van der Waals surface area contributed by atoms with Crippen molar-refractivity contribution in [2.75, 3.05) is 13.7 Å². The van der Waals surface area contributed by atoms with Crippen LogP contribution in [0.3, 0.4) is 0 Å². The molecule has 0 aliphatic rings. The van der Waals surface area contributed by atoms with Gasteiger partial charge in [0.2, 0.25) is 0 Å². The third-order valence-electron chi connectivity index (χ3n) is 2.60. The van der Waals surface area contributed by atoms with E-state index >= 15 is 0 Å². The van der Waals surface area contributed by atoms with Crippen LogP contribution in [-0.4, -0.2) is 19.8 Å². The fourth-order valence-electron chi connectivity index (χ4n) is 1.44. The highest BCUT2D eigenvalue weighted by Gasteiger charge is 2.05. The van der Waals surface area contributed by atoms with Gasteiger partial charge < -0.3 is 15.2 Å². The van der Waals surface area contributed by atoms with E-state index in [-0.39, 0.29) is 6.04 Å². The van der Waals surface area contributed by atoms with Gasteiger partial charge >= 0.3 is 0 Å². The first-order chi connectivity index (χ1) is 8.08. The molecule has 1 rings (SSSR count). The second kappa shape index (κ2) is 6.30. The van der Waals surface area contributed by atoms with E-state index < -0.39 is 0 Å². The number of methoxy groups -OCH3 is 1. The average molecular weight is 235 g/mol. The maximum atomic E-state index is 5.81. The molecule has 3 nitrogen and oxygen atoms in total. The molecule has 17 heavy (non-hydrogen) atoms. The van der Waals surface area contributed by atoms with Gasteiger partial charge in [0.05, 0.1) is 13.7 Å². The molecule has 0 spiro atoms. The molecule has 1 aromatic carbocycles. The fourth-order valence-corrected chi connectivity index (χ4v) is 1.44. The number of rotatable bonds is 5. The minimum Gasteiger partial charge on any atom is -0.493 e. The Morgan fingerprint density at radius 2 is 2.12 bits per heavy atom. The molecule has 0 aliphatic carbocycles. The van der Waals surface area contributed by atoms with Crippen LogP contribution in [0.5, 0.6) is 11.5 Å². The molecule has 1 atom stereocenters. The zero-order chi connectivity index (χ0) is 12.8. The molecule has 0 aromatic heterocycles. The SMILES string of the molecule is CCOc1ccc(/C=C(/C)C(C)N)cc1OC. The van der Waals surface area contributed by atoms with Gasteiger partial charge in [-0.25, -0.2) is 0 Å². The van der Waals surface area contributed by atoms with E-state index in [4.69, 9.17) is 15.2 Å². The quantitative estimate of drug-likeness (QED) is 0.853. The van der Waals surface area contributed by atoms with E-state index in [1.54, 1.807) is 7.11 Å². The molecular weight excluding hydrogens is 214 g/mol. The summed E-state index contributed by atoms with van der Waals surface area (Å²) >= 11 is 0. The lowest BCUT2D eigenvalue weighted by atomic mass is 10.1. The summed E-state index contributed by atoms with van der Waals surface area (Å²) in [6.45, 7) is 6.57. The zero-order valence-corrected chi connectivity index (χ0v) is 11.0. The second-order valence-electron chi connectivity index (χ2n) is 4.02. The third kappa shape index (κ3) is 3.79. The molecule has 0 saturated heterocycles. The van der Waals surface area contributed by atoms with Crippen molar-refractivity contribution >= 4 is 6.08 Å². The van der Waals surface area contributed by atoms with Crippen LogP contribution < -0.4 is 15.2 Å². The Hall–Kier alpha value is -1.48. The first-order valence-corrected chi connectivity index (χ1v) is 5.83. The Morgan fingerprint density at radius 3 is 2.65 bits per heavy atom. The molecule has 2 N–H and O–H groups in total. The standard InChI is InChI=1S/C14H21NO2/c1-5-17-13-7-6-12(9-14(13)16-4)8-10(2)11(3)15/h6-9,11H,5,15H2,1-4H3/b10-8-. The monoisotopic (exact) mass is 235 g/mol. The second-order valence-corrected chi connectivity index (χ2v) is 4.02. The minimum atomic E-state index is 0.0626. The molecular formula is C14H21NO2. The molecule has 0 aliphatic heterocycles. The van der Waals surface area contributed by atoms with Gasteiger partial charge in [-0.15, -0.1) is 0 Å². The highest BCUT2D eigenvalue weighted by Crippen LogP contribution is 2.28. The predicted molar refractivity (Wildman–Crippen MR) is 71.5 cm³/mol. The van der Waals surface area contributed by atoms with Crippen LogP contribution in [0.4, 0.5) is 0 Å². The van der Waals surface area contributed by atoms with E-state index in [2.05, 4.69) is 6.08 Å². The highest BCUT2D eigenvalue weighted by atomic mass is 16.5. The maximum Gasteiger partial charge on any atom is 0.161 e. The fraction of sp³-hybridized carbons (Fsp3) is 0.429. The van der Waals surface area contributed by atoms with Gasteiger partial charge in [0.15, 0.2) is 11.5 Å². The van der Waals surface area contributed by atoms with E-state index in [0.29, 0.717) is 6.61 Å². The Labute approximate surface area is 103 Å². The minimum absolute atomic E-state index is 0.0626. The molecule has 0 heterocycles. The summed E-state index contributed by atoms with van der Waals surface area (Å²) in [5.41, 5.74) is 8.01. The van der Waals surface area contributed by atoms with Crippen LogP contribution in [0.2, 0.25) is 0 Å². The smallest absolute Gasteiger partial charge is 0.161 e. The largest absolute Gasteiger partial charge is 0.493 e. The van der Waals surface area contributed by atoms with Crippen molar-refractivity contribution in [1.29, 1.82) is 0 Å². The van der Waals surface area contributed by atoms with Crippen LogP contribution in [0.15, 0.2) is 23.8 Å². The van der Waals surface area contributed by atoms with Crippen LogP contribution in [0, 0.1) is 0 Å².